The van der Waals surface area contributed by atoms with Crippen molar-refractivity contribution in [2.75, 3.05) is 6.54 Å². The first-order chi connectivity index (χ1) is 10.1. The third-order valence-electron chi connectivity index (χ3n) is 3.32. The summed E-state index contributed by atoms with van der Waals surface area (Å²) in [5, 5.41) is 0. The first-order valence-corrected chi connectivity index (χ1v) is 6.68. The van der Waals surface area contributed by atoms with Gasteiger partial charge in [0.15, 0.2) is 0 Å². The fourth-order valence-electron chi connectivity index (χ4n) is 2.07. The fraction of sp³-hybridized carbons (Fsp3) is 0.176. The average Bonchev–Trinajstić information content (AvgIpc) is 2.50. The van der Waals surface area contributed by atoms with Crippen LogP contribution in [-0.2, 0) is 11.2 Å². The zero-order chi connectivity index (χ0) is 15.2. The minimum absolute atomic E-state index is 0.266. The number of hydrogen-bond donors (Lipinski definition) is 0. The van der Waals surface area contributed by atoms with Crippen molar-refractivity contribution in [1.82, 2.24) is 4.90 Å². The molecule has 0 heterocycles. The van der Waals surface area contributed by atoms with Crippen molar-refractivity contribution in [1.29, 1.82) is 0 Å². The van der Waals surface area contributed by atoms with Crippen molar-refractivity contribution >= 4 is 12.3 Å². The quantitative estimate of drug-likeness (QED) is 0.792. The Hall–Kier alpha value is -2.49. The summed E-state index contributed by atoms with van der Waals surface area (Å²) in [6, 6.07) is 13.2. The third kappa shape index (κ3) is 3.75. The van der Waals surface area contributed by atoms with Gasteiger partial charge in [-0.3, -0.25) is 14.5 Å². The molecule has 21 heavy (non-hydrogen) atoms. The van der Waals surface area contributed by atoms with Crippen LogP contribution in [0, 0.1) is 12.7 Å². The summed E-state index contributed by atoms with van der Waals surface area (Å²) in [6.45, 7) is 2.10. The SMILES string of the molecule is Cc1ccccc1C(=O)N(C=O)CCc1ccc(F)cc1. The van der Waals surface area contributed by atoms with Gasteiger partial charge < -0.3 is 0 Å². The van der Waals surface area contributed by atoms with Crippen molar-refractivity contribution in [3.05, 3.63) is 71.0 Å². The van der Waals surface area contributed by atoms with Crippen molar-refractivity contribution < 1.29 is 14.0 Å². The summed E-state index contributed by atoms with van der Waals surface area (Å²) in [5.41, 5.74) is 2.22. The van der Waals surface area contributed by atoms with Crippen LogP contribution in [0.15, 0.2) is 48.5 Å². The number of carbonyl (C=O) groups excluding carboxylic acids is 2. The predicted molar refractivity (Wildman–Crippen MR) is 78.4 cm³/mol. The van der Waals surface area contributed by atoms with Crippen LogP contribution in [0.4, 0.5) is 4.39 Å². The smallest absolute Gasteiger partial charge is 0.260 e. The van der Waals surface area contributed by atoms with Crippen molar-refractivity contribution in [3.8, 4) is 0 Å². The first-order valence-electron chi connectivity index (χ1n) is 6.68. The lowest BCUT2D eigenvalue weighted by Gasteiger charge is -2.16. The third-order valence-corrected chi connectivity index (χ3v) is 3.32. The van der Waals surface area contributed by atoms with E-state index in [4.69, 9.17) is 0 Å². The van der Waals surface area contributed by atoms with E-state index in [0.717, 1.165) is 16.0 Å². The predicted octanol–water partition coefficient (Wildman–Crippen LogP) is 2.98. The Balaban J connectivity index is 2.06. The zero-order valence-electron chi connectivity index (χ0n) is 11.8. The van der Waals surface area contributed by atoms with Crippen molar-refractivity contribution in [2.24, 2.45) is 0 Å². The van der Waals surface area contributed by atoms with Crippen LogP contribution in [0.2, 0.25) is 0 Å². The molecule has 2 rings (SSSR count). The second-order valence-corrected chi connectivity index (χ2v) is 4.80. The Morgan fingerprint density at radius 2 is 1.81 bits per heavy atom. The lowest BCUT2D eigenvalue weighted by molar-refractivity contribution is -0.115. The standard InChI is InChI=1S/C17H16FNO2/c1-13-4-2-3-5-16(13)17(21)19(12-20)11-10-14-6-8-15(18)9-7-14/h2-9,12H,10-11H2,1H3. The Morgan fingerprint density at radius 1 is 1.14 bits per heavy atom. The van der Waals surface area contributed by atoms with Gasteiger partial charge >= 0.3 is 0 Å². The summed E-state index contributed by atoms with van der Waals surface area (Å²) in [6.07, 6.45) is 1.04. The normalized spacial score (nSPS) is 10.2. The van der Waals surface area contributed by atoms with Gasteiger partial charge in [-0.2, -0.15) is 0 Å². The lowest BCUT2D eigenvalue weighted by atomic mass is 10.1. The molecule has 0 saturated heterocycles. The molecule has 4 heteroatoms. The van der Waals surface area contributed by atoms with Crippen LogP contribution in [0.1, 0.15) is 21.5 Å². The number of amides is 2. The Bertz CT molecular complexity index is 637. The number of hydrogen-bond acceptors (Lipinski definition) is 2. The highest BCUT2D eigenvalue weighted by Crippen LogP contribution is 2.11. The Labute approximate surface area is 123 Å². The molecular formula is C17H16FNO2. The number of nitrogens with zero attached hydrogens (tertiary/aromatic N) is 1. The second-order valence-electron chi connectivity index (χ2n) is 4.80. The van der Waals surface area contributed by atoms with Gasteiger partial charge in [-0.25, -0.2) is 4.39 Å². The molecule has 2 aromatic rings. The highest BCUT2D eigenvalue weighted by molar-refractivity contribution is 6.00. The summed E-state index contributed by atoms with van der Waals surface area (Å²) in [5.74, 6) is -0.618. The monoisotopic (exact) mass is 285 g/mol. The van der Waals surface area contributed by atoms with Crippen LogP contribution in [0.3, 0.4) is 0 Å². The van der Waals surface area contributed by atoms with Gasteiger partial charge in [-0.15, -0.1) is 0 Å². The topological polar surface area (TPSA) is 37.4 Å². The van der Waals surface area contributed by atoms with E-state index in [0.29, 0.717) is 18.4 Å². The molecule has 0 saturated carbocycles. The highest BCUT2D eigenvalue weighted by Gasteiger charge is 2.16. The highest BCUT2D eigenvalue weighted by atomic mass is 19.1. The van der Waals surface area contributed by atoms with Crippen molar-refractivity contribution in [3.63, 3.8) is 0 Å². The van der Waals surface area contributed by atoms with E-state index in [1.54, 1.807) is 24.3 Å². The van der Waals surface area contributed by atoms with Gasteiger partial charge in [0.2, 0.25) is 6.41 Å². The molecule has 0 aliphatic carbocycles. The van der Waals surface area contributed by atoms with Crippen LogP contribution in [0.5, 0.6) is 0 Å². The van der Waals surface area contributed by atoms with E-state index in [-0.39, 0.29) is 18.3 Å². The van der Waals surface area contributed by atoms with Crippen LogP contribution in [-0.4, -0.2) is 23.8 Å². The summed E-state index contributed by atoms with van der Waals surface area (Å²) in [4.78, 5) is 24.6. The van der Waals surface area contributed by atoms with E-state index >= 15 is 0 Å². The molecule has 108 valence electrons. The molecule has 3 nitrogen and oxygen atoms in total. The maximum absolute atomic E-state index is 12.8. The molecule has 0 aliphatic rings. The number of carbonyl (C=O) groups is 2. The van der Waals surface area contributed by atoms with Gasteiger partial charge in [-0.05, 0) is 42.7 Å². The van der Waals surface area contributed by atoms with Gasteiger partial charge in [0.25, 0.3) is 5.91 Å². The summed E-state index contributed by atoms with van der Waals surface area (Å²) >= 11 is 0. The van der Waals surface area contributed by atoms with Gasteiger partial charge in [0.1, 0.15) is 5.82 Å². The van der Waals surface area contributed by atoms with Gasteiger partial charge in [0.05, 0.1) is 0 Å². The average molecular weight is 285 g/mol. The Kier molecular flexibility index (Phi) is 4.82. The maximum Gasteiger partial charge on any atom is 0.260 e. The number of halogens is 1. The van der Waals surface area contributed by atoms with Crippen LogP contribution in [0.25, 0.3) is 0 Å². The van der Waals surface area contributed by atoms with Crippen LogP contribution >= 0.6 is 0 Å². The molecule has 0 fully saturated rings. The van der Waals surface area contributed by atoms with E-state index in [2.05, 4.69) is 0 Å². The lowest BCUT2D eigenvalue weighted by Crippen LogP contribution is -2.32. The number of benzene rings is 2. The van der Waals surface area contributed by atoms with E-state index in [1.165, 1.54) is 12.1 Å². The molecule has 0 spiro atoms. The van der Waals surface area contributed by atoms with E-state index in [9.17, 15) is 14.0 Å². The summed E-state index contributed by atoms with van der Waals surface area (Å²) < 4.78 is 12.8. The summed E-state index contributed by atoms with van der Waals surface area (Å²) in [7, 11) is 0. The molecule has 0 radical (unpaired) electrons. The van der Waals surface area contributed by atoms with E-state index in [1.807, 2.05) is 19.1 Å². The number of aryl methyl sites for hydroxylation is 1. The second kappa shape index (κ2) is 6.79. The minimum Gasteiger partial charge on any atom is -0.281 e. The van der Waals surface area contributed by atoms with Gasteiger partial charge in [0, 0.05) is 12.1 Å². The number of rotatable bonds is 5. The van der Waals surface area contributed by atoms with E-state index < -0.39 is 0 Å². The molecule has 0 aliphatic heterocycles. The first kappa shape index (κ1) is 14.9. The largest absolute Gasteiger partial charge is 0.281 e. The van der Waals surface area contributed by atoms with Crippen molar-refractivity contribution in [2.45, 2.75) is 13.3 Å². The molecule has 0 N–H and O–H groups in total. The Morgan fingerprint density at radius 3 is 2.43 bits per heavy atom. The molecular weight excluding hydrogens is 269 g/mol. The molecule has 0 bridgehead atoms. The molecule has 0 atom stereocenters. The number of imide groups is 1. The maximum atomic E-state index is 12.8. The minimum atomic E-state index is -0.315. The fourth-order valence-corrected chi connectivity index (χ4v) is 2.07. The van der Waals surface area contributed by atoms with Crippen LogP contribution < -0.4 is 0 Å². The molecule has 2 amide bonds. The molecule has 0 unspecified atom stereocenters. The van der Waals surface area contributed by atoms with Gasteiger partial charge in [-0.1, -0.05) is 30.3 Å². The molecule has 2 aromatic carbocycles. The zero-order valence-corrected chi connectivity index (χ0v) is 11.8. The molecule has 0 aromatic heterocycles.